The van der Waals surface area contributed by atoms with Gasteiger partial charge in [-0.1, -0.05) is 17.6 Å². The molecule has 0 unspecified atom stereocenters. The summed E-state index contributed by atoms with van der Waals surface area (Å²) in [5, 5.41) is 10.1. The fourth-order valence-electron chi connectivity index (χ4n) is 2.56. The smallest absolute Gasteiger partial charge is 0.330 e. The van der Waals surface area contributed by atoms with Crippen LogP contribution >= 0.6 is 0 Å². The van der Waals surface area contributed by atoms with E-state index >= 15 is 0 Å². The van der Waals surface area contributed by atoms with Crippen molar-refractivity contribution in [2.24, 2.45) is 0 Å². The summed E-state index contributed by atoms with van der Waals surface area (Å²) >= 11 is 0. The zero-order valence-electron chi connectivity index (χ0n) is 15.8. The molecule has 1 fully saturated rings. The van der Waals surface area contributed by atoms with Crippen LogP contribution in [0.1, 0.15) is 40.5 Å². The van der Waals surface area contributed by atoms with Crippen LogP contribution in [-0.4, -0.2) is 61.1 Å². The van der Waals surface area contributed by atoms with Gasteiger partial charge in [0.05, 0.1) is 17.9 Å². The highest BCUT2D eigenvalue weighted by Gasteiger charge is 2.35. The molecule has 0 saturated carbocycles. The van der Waals surface area contributed by atoms with Gasteiger partial charge in [-0.05, 0) is 52.7 Å². The van der Waals surface area contributed by atoms with Crippen molar-refractivity contribution >= 4 is 12.9 Å². The number of hydrogen-bond donors (Lipinski definition) is 1. The molecule has 0 bridgehead atoms. The van der Waals surface area contributed by atoms with Crippen molar-refractivity contribution in [1.82, 2.24) is 4.90 Å². The highest BCUT2D eigenvalue weighted by atomic mass is 19.1. The molecule has 1 heterocycles. The molecule has 0 spiro atoms. The Labute approximate surface area is 151 Å². The first kappa shape index (κ1) is 20.2. The molecular weight excluding hydrogens is 320 g/mol. The average molecular weight is 350 g/mol. The Morgan fingerprint density at radius 3 is 2.52 bits per heavy atom. The largest absolute Gasteiger partial charge is 0.489 e. The number of nitrogens with zero attached hydrogens (tertiary/aromatic N) is 1. The van der Waals surface area contributed by atoms with Crippen LogP contribution in [0.15, 0.2) is 24.3 Å². The minimum Gasteiger partial charge on any atom is -0.489 e. The van der Waals surface area contributed by atoms with Crippen LogP contribution in [0.2, 0.25) is 0 Å². The Balaban J connectivity index is 1.80. The van der Waals surface area contributed by atoms with Crippen LogP contribution in [0.5, 0.6) is 5.75 Å². The maximum atomic E-state index is 12.2. The standard InChI is InChI=1S/C19H30BFNO3/c1-18(2,23)19(3,4)25-20-15-6-8-16(9-7-15)24-17-10-13-22(14-17)12-5-11-21/h6-9,17,23H,5,10-14H2,1-4H3/t17-/m0/s1. The van der Waals surface area contributed by atoms with Gasteiger partial charge in [0.25, 0.3) is 0 Å². The normalized spacial score (nSPS) is 19.2. The van der Waals surface area contributed by atoms with Crippen LogP contribution in [0, 0.1) is 0 Å². The van der Waals surface area contributed by atoms with Crippen LogP contribution in [0.3, 0.4) is 0 Å². The monoisotopic (exact) mass is 350 g/mol. The average Bonchev–Trinajstić information content (AvgIpc) is 2.98. The molecule has 2 rings (SSSR count). The van der Waals surface area contributed by atoms with Crippen LogP contribution in [0.25, 0.3) is 0 Å². The lowest BCUT2D eigenvalue weighted by Gasteiger charge is -2.37. The van der Waals surface area contributed by atoms with E-state index in [0.717, 1.165) is 37.3 Å². The van der Waals surface area contributed by atoms with E-state index in [0.29, 0.717) is 6.42 Å². The second-order valence-corrected chi connectivity index (χ2v) is 7.75. The zero-order valence-corrected chi connectivity index (χ0v) is 15.8. The second-order valence-electron chi connectivity index (χ2n) is 7.75. The van der Waals surface area contributed by atoms with E-state index in [9.17, 15) is 9.50 Å². The van der Waals surface area contributed by atoms with E-state index in [1.165, 1.54) is 0 Å². The number of hydrogen-bond acceptors (Lipinski definition) is 4. The van der Waals surface area contributed by atoms with Crippen molar-refractivity contribution < 1.29 is 18.9 Å². The van der Waals surface area contributed by atoms with Gasteiger partial charge < -0.3 is 14.5 Å². The van der Waals surface area contributed by atoms with Gasteiger partial charge in [-0.2, -0.15) is 0 Å². The van der Waals surface area contributed by atoms with E-state index < -0.39 is 11.2 Å². The van der Waals surface area contributed by atoms with Crippen molar-refractivity contribution in [3.8, 4) is 5.75 Å². The molecule has 6 heteroatoms. The Kier molecular flexibility index (Phi) is 6.89. The summed E-state index contributed by atoms with van der Waals surface area (Å²) in [6.45, 7) is 9.55. The Morgan fingerprint density at radius 1 is 1.24 bits per heavy atom. The number of halogens is 1. The molecule has 4 nitrogen and oxygen atoms in total. The summed E-state index contributed by atoms with van der Waals surface area (Å²) in [6.07, 6.45) is 1.74. The molecule has 1 atom stereocenters. The Bertz CT molecular complexity index is 530. The van der Waals surface area contributed by atoms with Crippen molar-refractivity contribution in [1.29, 1.82) is 0 Å². The number of benzene rings is 1. The van der Waals surface area contributed by atoms with Crippen molar-refractivity contribution in [2.75, 3.05) is 26.3 Å². The zero-order chi connectivity index (χ0) is 18.5. The fourth-order valence-corrected chi connectivity index (χ4v) is 2.56. The summed E-state index contributed by atoms with van der Waals surface area (Å²) in [4.78, 5) is 2.25. The van der Waals surface area contributed by atoms with E-state index in [-0.39, 0.29) is 12.8 Å². The molecule has 1 aliphatic rings. The minimum atomic E-state index is -0.941. The molecule has 0 aromatic heterocycles. The van der Waals surface area contributed by atoms with Crippen molar-refractivity contribution in [3.63, 3.8) is 0 Å². The second kappa shape index (κ2) is 8.52. The predicted octanol–water partition coefficient (Wildman–Crippen LogP) is 2.31. The third-order valence-corrected chi connectivity index (χ3v) is 4.98. The van der Waals surface area contributed by atoms with Gasteiger partial charge in [0.2, 0.25) is 0 Å². The van der Waals surface area contributed by atoms with E-state index in [2.05, 4.69) is 4.90 Å². The van der Waals surface area contributed by atoms with Gasteiger partial charge in [-0.3, -0.25) is 9.29 Å². The van der Waals surface area contributed by atoms with Crippen LogP contribution < -0.4 is 10.2 Å². The van der Waals surface area contributed by atoms with Crippen LogP contribution in [-0.2, 0) is 4.65 Å². The molecule has 1 aromatic carbocycles. The minimum absolute atomic E-state index is 0.166. The summed E-state index contributed by atoms with van der Waals surface area (Å²) in [6, 6.07) is 7.73. The number of ether oxygens (including phenoxy) is 1. The lowest BCUT2D eigenvalue weighted by Crippen LogP contribution is -2.49. The van der Waals surface area contributed by atoms with Gasteiger partial charge in [-0.25, -0.2) is 0 Å². The van der Waals surface area contributed by atoms with E-state index in [1.54, 1.807) is 21.3 Å². The number of likely N-dealkylation sites (tertiary alicyclic amines) is 1. The van der Waals surface area contributed by atoms with Gasteiger partial charge in [-0.15, -0.1) is 0 Å². The number of rotatable bonds is 9. The Morgan fingerprint density at radius 2 is 1.92 bits per heavy atom. The molecule has 1 aromatic rings. The van der Waals surface area contributed by atoms with Crippen LogP contribution in [0.4, 0.5) is 4.39 Å². The molecule has 139 valence electrons. The molecule has 0 amide bonds. The first-order valence-electron chi connectivity index (χ1n) is 9.00. The first-order valence-corrected chi connectivity index (χ1v) is 9.00. The molecule has 1 saturated heterocycles. The van der Waals surface area contributed by atoms with Gasteiger partial charge in [0.15, 0.2) is 0 Å². The quantitative estimate of drug-likeness (QED) is 0.694. The predicted molar refractivity (Wildman–Crippen MR) is 99.4 cm³/mol. The Hall–Kier alpha value is -1.11. The van der Waals surface area contributed by atoms with Gasteiger partial charge >= 0.3 is 7.48 Å². The molecule has 1 radical (unpaired) electrons. The third kappa shape index (κ3) is 5.98. The SMILES string of the molecule is CC(C)(O)C(C)(C)O[B]c1ccc(O[C@H]2CCN(CCCF)C2)cc1. The summed E-state index contributed by atoms with van der Waals surface area (Å²) in [5.74, 6) is 0.830. The lowest BCUT2D eigenvalue weighted by atomic mass is 9.82. The van der Waals surface area contributed by atoms with Gasteiger partial charge in [0, 0.05) is 19.6 Å². The summed E-state index contributed by atoms with van der Waals surface area (Å²) < 4.78 is 24.0. The third-order valence-electron chi connectivity index (χ3n) is 4.98. The van der Waals surface area contributed by atoms with Crippen molar-refractivity contribution in [2.45, 2.75) is 57.8 Å². The summed E-state index contributed by atoms with van der Waals surface area (Å²) in [5.41, 5.74) is -0.710. The topological polar surface area (TPSA) is 41.9 Å². The van der Waals surface area contributed by atoms with E-state index in [4.69, 9.17) is 9.39 Å². The molecular formula is C19H30BFNO3. The molecule has 1 N–H and O–H groups in total. The van der Waals surface area contributed by atoms with Gasteiger partial charge in [0.1, 0.15) is 11.9 Å². The molecule has 25 heavy (non-hydrogen) atoms. The maximum Gasteiger partial charge on any atom is 0.330 e. The highest BCUT2D eigenvalue weighted by molar-refractivity contribution is 6.47. The highest BCUT2D eigenvalue weighted by Crippen LogP contribution is 2.24. The maximum absolute atomic E-state index is 12.2. The number of alkyl halides is 1. The molecule has 0 aliphatic carbocycles. The van der Waals surface area contributed by atoms with E-state index in [1.807, 2.05) is 38.1 Å². The lowest BCUT2D eigenvalue weighted by molar-refractivity contribution is -0.0893. The fraction of sp³-hybridized carbons (Fsp3) is 0.684. The molecule has 1 aliphatic heterocycles. The van der Waals surface area contributed by atoms with Crippen molar-refractivity contribution in [3.05, 3.63) is 24.3 Å². The summed E-state index contributed by atoms with van der Waals surface area (Å²) in [7, 11) is 1.66. The number of aliphatic hydroxyl groups is 1. The first-order chi connectivity index (χ1) is 11.7.